The minimum Gasteiger partial charge on any atom is -0.392 e. The minimum atomic E-state index is -0.534. The lowest BCUT2D eigenvalue weighted by molar-refractivity contribution is -0.383. The van der Waals surface area contributed by atoms with Crippen LogP contribution in [0.25, 0.3) is 22.3 Å². The average molecular weight is 364 g/mol. The second-order valence-corrected chi connectivity index (χ2v) is 6.19. The smallest absolute Gasteiger partial charge is 0.301 e. The standard InChI is InChI=1S/C20H14ClN3O2/c1-12-17(14-8-5-9-15(21)10-14)16(11-22)19(23)20(24(25)26)18(12)13-6-3-2-4-7-13/h2-10H,23H2,1H3. The summed E-state index contributed by atoms with van der Waals surface area (Å²) in [6.07, 6.45) is 0. The van der Waals surface area contributed by atoms with E-state index in [-0.39, 0.29) is 16.9 Å². The van der Waals surface area contributed by atoms with Gasteiger partial charge in [-0.2, -0.15) is 5.26 Å². The van der Waals surface area contributed by atoms with E-state index in [0.29, 0.717) is 32.8 Å². The molecule has 0 saturated carbocycles. The number of nitrogens with zero attached hydrogens (tertiary/aromatic N) is 2. The summed E-state index contributed by atoms with van der Waals surface area (Å²) < 4.78 is 0. The Kier molecular flexibility index (Phi) is 4.61. The molecule has 0 aliphatic heterocycles. The first-order chi connectivity index (χ1) is 12.5. The Balaban J connectivity index is 2.49. The van der Waals surface area contributed by atoms with Crippen molar-refractivity contribution in [2.75, 3.05) is 5.73 Å². The fourth-order valence-corrected chi connectivity index (χ4v) is 3.34. The van der Waals surface area contributed by atoms with Crippen molar-refractivity contribution >= 4 is 23.0 Å². The van der Waals surface area contributed by atoms with Crippen LogP contribution in [0.5, 0.6) is 0 Å². The van der Waals surface area contributed by atoms with Crippen molar-refractivity contribution in [3.63, 3.8) is 0 Å². The fourth-order valence-electron chi connectivity index (χ4n) is 3.15. The van der Waals surface area contributed by atoms with Crippen LogP contribution in [-0.4, -0.2) is 4.92 Å². The third kappa shape index (κ3) is 2.87. The molecule has 3 aromatic rings. The van der Waals surface area contributed by atoms with Crippen LogP contribution in [0.4, 0.5) is 11.4 Å². The number of hydrogen-bond acceptors (Lipinski definition) is 4. The zero-order valence-corrected chi connectivity index (χ0v) is 14.6. The van der Waals surface area contributed by atoms with Crippen LogP contribution in [0.2, 0.25) is 5.02 Å². The van der Waals surface area contributed by atoms with E-state index in [9.17, 15) is 15.4 Å². The highest BCUT2D eigenvalue weighted by Crippen LogP contribution is 2.45. The number of benzene rings is 3. The van der Waals surface area contributed by atoms with Crippen LogP contribution < -0.4 is 5.73 Å². The molecule has 0 amide bonds. The zero-order valence-electron chi connectivity index (χ0n) is 13.9. The van der Waals surface area contributed by atoms with Gasteiger partial charge in [0, 0.05) is 10.6 Å². The van der Waals surface area contributed by atoms with E-state index >= 15 is 0 Å². The second kappa shape index (κ2) is 6.87. The van der Waals surface area contributed by atoms with Gasteiger partial charge in [-0.25, -0.2) is 0 Å². The maximum atomic E-state index is 11.7. The summed E-state index contributed by atoms with van der Waals surface area (Å²) in [6.45, 7) is 1.76. The van der Waals surface area contributed by atoms with Crippen LogP contribution in [0.3, 0.4) is 0 Å². The number of anilines is 1. The maximum absolute atomic E-state index is 11.7. The van der Waals surface area contributed by atoms with E-state index in [1.807, 2.05) is 12.1 Å². The van der Waals surface area contributed by atoms with Crippen LogP contribution in [-0.2, 0) is 0 Å². The normalized spacial score (nSPS) is 10.3. The largest absolute Gasteiger partial charge is 0.392 e. The predicted molar refractivity (Wildman–Crippen MR) is 103 cm³/mol. The van der Waals surface area contributed by atoms with Gasteiger partial charge < -0.3 is 5.73 Å². The monoisotopic (exact) mass is 363 g/mol. The van der Waals surface area contributed by atoms with E-state index in [4.69, 9.17) is 17.3 Å². The number of nitro groups is 1. The third-order valence-electron chi connectivity index (χ3n) is 4.23. The van der Waals surface area contributed by atoms with Gasteiger partial charge in [0.25, 0.3) is 0 Å². The Morgan fingerprint density at radius 3 is 2.31 bits per heavy atom. The molecule has 0 aliphatic rings. The van der Waals surface area contributed by atoms with E-state index in [0.717, 1.165) is 0 Å². The number of hydrogen-bond donors (Lipinski definition) is 1. The lowest BCUT2D eigenvalue weighted by atomic mass is 9.86. The molecule has 0 radical (unpaired) electrons. The maximum Gasteiger partial charge on any atom is 0.301 e. The molecule has 128 valence electrons. The molecule has 3 aromatic carbocycles. The molecule has 3 rings (SSSR count). The highest BCUT2D eigenvalue weighted by Gasteiger charge is 2.29. The third-order valence-corrected chi connectivity index (χ3v) is 4.47. The van der Waals surface area contributed by atoms with Crippen LogP contribution >= 0.6 is 11.6 Å². The summed E-state index contributed by atoms with van der Waals surface area (Å²) in [5.41, 5.74) is 8.68. The molecular weight excluding hydrogens is 350 g/mol. The summed E-state index contributed by atoms with van der Waals surface area (Å²) in [5, 5.41) is 21.9. The molecule has 2 N–H and O–H groups in total. The van der Waals surface area contributed by atoms with E-state index in [1.54, 1.807) is 55.5 Å². The van der Waals surface area contributed by atoms with Gasteiger partial charge >= 0.3 is 5.69 Å². The Bertz CT molecular complexity index is 1060. The highest BCUT2D eigenvalue weighted by molar-refractivity contribution is 6.30. The van der Waals surface area contributed by atoms with Gasteiger partial charge in [-0.1, -0.05) is 54.1 Å². The van der Waals surface area contributed by atoms with Crippen LogP contribution in [0.1, 0.15) is 11.1 Å². The molecule has 5 nitrogen and oxygen atoms in total. The molecule has 6 heteroatoms. The fraction of sp³-hybridized carbons (Fsp3) is 0.0500. The second-order valence-electron chi connectivity index (χ2n) is 5.76. The van der Waals surface area contributed by atoms with Crippen molar-refractivity contribution in [1.29, 1.82) is 5.26 Å². The summed E-state index contributed by atoms with van der Waals surface area (Å²) in [4.78, 5) is 11.2. The molecule has 0 heterocycles. The van der Waals surface area contributed by atoms with Gasteiger partial charge in [0.05, 0.1) is 16.1 Å². The molecular formula is C20H14ClN3O2. The van der Waals surface area contributed by atoms with Crippen molar-refractivity contribution in [2.45, 2.75) is 6.92 Å². The van der Waals surface area contributed by atoms with Crippen molar-refractivity contribution in [3.8, 4) is 28.3 Å². The van der Waals surface area contributed by atoms with E-state index < -0.39 is 4.92 Å². The number of nitriles is 1. The molecule has 26 heavy (non-hydrogen) atoms. The van der Waals surface area contributed by atoms with Gasteiger partial charge in [0.2, 0.25) is 0 Å². The van der Waals surface area contributed by atoms with Gasteiger partial charge in [0.15, 0.2) is 0 Å². The van der Waals surface area contributed by atoms with Gasteiger partial charge in [0.1, 0.15) is 11.8 Å². The Labute approximate surface area is 155 Å². The molecule has 0 atom stereocenters. The van der Waals surface area contributed by atoms with Gasteiger partial charge in [-0.15, -0.1) is 0 Å². The molecule has 0 spiro atoms. The molecule has 0 aliphatic carbocycles. The number of halogens is 1. The number of nitrogen functional groups attached to an aromatic ring is 1. The molecule has 0 aromatic heterocycles. The van der Waals surface area contributed by atoms with Crippen molar-refractivity contribution in [2.24, 2.45) is 0 Å². The predicted octanol–water partition coefficient (Wildman–Crippen LogP) is 5.34. The van der Waals surface area contributed by atoms with Crippen molar-refractivity contribution in [1.82, 2.24) is 0 Å². The Hall–Kier alpha value is -3.36. The van der Waals surface area contributed by atoms with Crippen molar-refractivity contribution < 1.29 is 4.92 Å². The van der Waals surface area contributed by atoms with E-state index in [1.165, 1.54) is 0 Å². The lowest BCUT2D eigenvalue weighted by Crippen LogP contribution is -2.05. The first-order valence-corrected chi connectivity index (χ1v) is 8.15. The van der Waals surface area contributed by atoms with Gasteiger partial charge in [-0.05, 0) is 35.7 Å². The topological polar surface area (TPSA) is 93.0 Å². The van der Waals surface area contributed by atoms with Crippen LogP contribution in [0.15, 0.2) is 54.6 Å². The Morgan fingerprint density at radius 1 is 1.08 bits per heavy atom. The number of rotatable bonds is 3. The SMILES string of the molecule is Cc1c(-c2cccc(Cl)c2)c(C#N)c(N)c([N+](=O)[O-])c1-c1ccccc1. The highest BCUT2D eigenvalue weighted by atomic mass is 35.5. The summed E-state index contributed by atoms with van der Waals surface area (Å²) in [5.74, 6) is 0. The first kappa shape index (κ1) is 17.5. The summed E-state index contributed by atoms with van der Waals surface area (Å²) in [6, 6.07) is 18.0. The average Bonchev–Trinajstić information content (AvgIpc) is 2.63. The van der Waals surface area contributed by atoms with Crippen LogP contribution in [0, 0.1) is 28.4 Å². The quantitative estimate of drug-likeness (QED) is 0.386. The minimum absolute atomic E-state index is 0.0798. The number of nitro benzene ring substituents is 1. The zero-order chi connectivity index (χ0) is 18.8. The number of nitrogens with two attached hydrogens (primary N) is 1. The summed E-state index contributed by atoms with van der Waals surface area (Å²) in [7, 11) is 0. The first-order valence-electron chi connectivity index (χ1n) is 7.77. The molecule has 0 saturated heterocycles. The Morgan fingerprint density at radius 2 is 1.73 bits per heavy atom. The molecule has 0 bridgehead atoms. The molecule has 0 unspecified atom stereocenters. The van der Waals surface area contributed by atoms with Gasteiger partial charge in [-0.3, -0.25) is 10.1 Å². The summed E-state index contributed by atoms with van der Waals surface area (Å²) >= 11 is 6.10. The molecule has 0 fully saturated rings. The lowest BCUT2D eigenvalue weighted by Gasteiger charge is -2.17. The van der Waals surface area contributed by atoms with Crippen molar-refractivity contribution in [3.05, 3.63) is 80.9 Å². The van der Waals surface area contributed by atoms with E-state index in [2.05, 4.69) is 0 Å².